The molecule has 1 heterocycles. The summed E-state index contributed by atoms with van der Waals surface area (Å²) < 4.78 is 5.14. The summed E-state index contributed by atoms with van der Waals surface area (Å²) in [6, 6.07) is 14.0. The Bertz CT molecular complexity index is 924. The second-order valence-corrected chi connectivity index (χ2v) is 7.74. The Morgan fingerprint density at radius 3 is 2.50 bits per heavy atom. The van der Waals surface area contributed by atoms with Crippen LogP contribution >= 0.6 is 0 Å². The van der Waals surface area contributed by atoms with E-state index >= 15 is 0 Å². The van der Waals surface area contributed by atoms with Gasteiger partial charge in [0.15, 0.2) is 0 Å². The van der Waals surface area contributed by atoms with Gasteiger partial charge in [-0.2, -0.15) is 0 Å². The van der Waals surface area contributed by atoms with Gasteiger partial charge in [-0.05, 0) is 42.3 Å². The number of hydrogen-bond acceptors (Lipinski definition) is 4. The molecule has 1 fully saturated rings. The van der Waals surface area contributed by atoms with Crippen LogP contribution in [0.4, 0.5) is 11.4 Å². The number of amides is 3. The number of benzene rings is 2. The summed E-state index contributed by atoms with van der Waals surface area (Å²) in [5, 5.41) is 5.70. The number of nitrogens with one attached hydrogen (secondary N) is 2. The second kappa shape index (κ2) is 9.43. The van der Waals surface area contributed by atoms with Crippen LogP contribution in [0.5, 0.6) is 5.75 Å². The number of rotatable bonds is 7. The number of anilines is 2. The van der Waals surface area contributed by atoms with Gasteiger partial charge in [-0.3, -0.25) is 14.4 Å². The minimum absolute atomic E-state index is 0.108. The van der Waals surface area contributed by atoms with Gasteiger partial charge in [-0.1, -0.05) is 26.0 Å². The van der Waals surface area contributed by atoms with E-state index in [-0.39, 0.29) is 24.1 Å². The molecule has 0 unspecified atom stereocenters. The summed E-state index contributed by atoms with van der Waals surface area (Å²) in [5.41, 5.74) is 1.58. The number of methoxy groups -OCH3 is 1. The third-order valence-corrected chi connectivity index (χ3v) is 4.98. The van der Waals surface area contributed by atoms with Gasteiger partial charge in [0.1, 0.15) is 5.75 Å². The smallest absolute Gasteiger partial charge is 0.253 e. The average Bonchev–Trinajstić information content (AvgIpc) is 3.14. The Balaban J connectivity index is 1.68. The first-order valence-corrected chi connectivity index (χ1v) is 10.0. The molecule has 30 heavy (non-hydrogen) atoms. The quantitative estimate of drug-likeness (QED) is 0.736. The number of hydrogen-bond donors (Lipinski definition) is 2. The van der Waals surface area contributed by atoms with Gasteiger partial charge in [0.05, 0.1) is 24.3 Å². The molecule has 2 N–H and O–H groups in total. The molecule has 1 aliphatic heterocycles. The van der Waals surface area contributed by atoms with E-state index in [0.29, 0.717) is 36.0 Å². The fraction of sp³-hybridized carbons (Fsp3) is 0.348. The van der Waals surface area contributed by atoms with E-state index in [1.165, 1.54) is 0 Å². The molecule has 1 atom stereocenters. The highest BCUT2D eigenvalue weighted by molar-refractivity contribution is 6.07. The number of carbonyl (C=O) groups excluding carboxylic acids is 3. The normalized spacial score (nSPS) is 15.9. The number of nitrogens with zero attached hydrogens (tertiary/aromatic N) is 1. The molecule has 1 saturated heterocycles. The molecule has 3 rings (SSSR count). The Kier molecular flexibility index (Phi) is 6.72. The van der Waals surface area contributed by atoms with Crippen LogP contribution in [-0.2, 0) is 9.59 Å². The molecule has 1 aliphatic rings. The molecule has 0 saturated carbocycles. The molecular weight excluding hydrogens is 382 g/mol. The van der Waals surface area contributed by atoms with Crippen molar-refractivity contribution >= 4 is 29.1 Å². The lowest BCUT2D eigenvalue weighted by Gasteiger charge is -2.17. The lowest BCUT2D eigenvalue weighted by molar-refractivity contribution is -0.122. The fourth-order valence-corrected chi connectivity index (χ4v) is 3.31. The Labute approximate surface area is 176 Å². The second-order valence-electron chi connectivity index (χ2n) is 7.74. The molecule has 7 heteroatoms. The zero-order chi connectivity index (χ0) is 21.7. The Morgan fingerprint density at radius 2 is 1.83 bits per heavy atom. The van der Waals surface area contributed by atoms with Crippen LogP contribution < -0.4 is 20.3 Å². The van der Waals surface area contributed by atoms with Crippen LogP contribution in [0, 0.1) is 11.8 Å². The van der Waals surface area contributed by atoms with Crippen molar-refractivity contribution < 1.29 is 19.1 Å². The maximum absolute atomic E-state index is 12.8. The highest BCUT2D eigenvalue weighted by Gasteiger charge is 2.35. The minimum atomic E-state index is -0.494. The predicted octanol–water partition coefficient (Wildman–Crippen LogP) is 3.07. The molecule has 0 spiro atoms. The SMILES string of the molecule is COc1ccc(N2C[C@H](C(=O)Nc3ccccc3C(=O)NCC(C)C)CC2=O)cc1. The molecule has 2 aromatic carbocycles. The van der Waals surface area contributed by atoms with Gasteiger partial charge >= 0.3 is 0 Å². The highest BCUT2D eigenvalue weighted by Crippen LogP contribution is 2.28. The van der Waals surface area contributed by atoms with Crippen molar-refractivity contribution in [1.82, 2.24) is 5.32 Å². The average molecular weight is 409 g/mol. The first kappa shape index (κ1) is 21.4. The fourth-order valence-electron chi connectivity index (χ4n) is 3.31. The van der Waals surface area contributed by atoms with Crippen molar-refractivity contribution in [2.45, 2.75) is 20.3 Å². The zero-order valence-electron chi connectivity index (χ0n) is 17.5. The summed E-state index contributed by atoms with van der Waals surface area (Å²) in [7, 11) is 1.58. The summed E-state index contributed by atoms with van der Waals surface area (Å²) >= 11 is 0. The van der Waals surface area contributed by atoms with Crippen molar-refractivity contribution in [2.24, 2.45) is 11.8 Å². The summed E-state index contributed by atoms with van der Waals surface area (Å²) in [4.78, 5) is 39.4. The predicted molar refractivity (Wildman–Crippen MR) is 116 cm³/mol. The van der Waals surface area contributed by atoms with Crippen molar-refractivity contribution in [1.29, 1.82) is 0 Å². The van der Waals surface area contributed by atoms with Crippen molar-refractivity contribution in [3.63, 3.8) is 0 Å². The largest absolute Gasteiger partial charge is 0.497 e. The molecule has 0 bridgehead atoms. The third kappa shape index (κ3) is 4.97. The topological polar surface area (TPSA) is 87.7 Å². The molecular formula is C23H27N3O4. The first-order valence-electron chi connectivity index (χ1n) is 10.0. The maximum atomic E-state index is 12.8. The van der Waals surface area contributed by atoms with Crippen molar-refractivity contribution in [3.8, 4) is 5.75 Å². The number of para-hydroxylation sites is 1. The van der Waals surface area contributed by atoms with Crippen LogP contribution in [0.1, 0.15) is 30.6 Å². The molecule has 158 valence electrons. The lowest BCUT2D eigenvalue weighted by Crippen LogP contribution is -2.30. The molecule has 2 aromatic rings. The lowest BCUT2D eigenvalue weighted by atomic mass is 10.1. The van der Waals surface area contributed by atoms with Crippen LogP contribution in [0.15, 0.2) is 48.5 Å². The van der Waals surface area contributed by atoms with Crippen LogP contribution in [0.2, 0.25) is 0 Å². The maximum Gasteiger partial charge on any atom is 0.253 e. The Hall–Kier alpha value is -3.35. The standard InChI is InChI=1S/C23H27N3O4/c1-15(2)13-24-23(29)19-6-4-5-7-20(19)25-22(28)16-12-21(27)26(14-16)17-8-10-18(30-3)11-9-17/h4-11,15-16H,12-14H2,1-3H3,(H,24,29)(H,25,28)/t16-/m1/s1. The molecule has 0 radical (unpaired) electrons. The zero-order valence-corrected chi connectivity index (χ0v) is 17.5. The third-order valence-electron chi connectivity index (χ3n) is 4.98. The van der Waals surface area contributed by atoms with Gasteiger partial charge in [0.2, 0.25) is 11.8 Å². The molecule has 7 nitrogen and oxygen atoms in total. The monoisotopic (exact) mass is 409 g/mol. The van der Waals surface area contributed by atoms with Crippen LogP contribution in [-0.4, -0.2) is 37.9 Å². The van der Waals surface area contributed by atoms with Gasteiger partial charge in [-0.25, -0.2) is 0 Å². The van der Waals surface area contributed by atoms with E-state index in [9.17, 15) is 14.4 Å². The minimum Gasteiger partial charge on any atom is -0.497 e. The van der Waals surface area contributed by atoms with Crippen LogP contribution in [0.25, 0.3) is 0 Å². The summed E-state index contributed by atoms with van der Waals surface area (Å²) in [6.45, 7) is 4.87. The molecule has 3 amide bonds. The number of ether oxygens (including phenoxy) is 1. The summed E-state index contributed by atoms with van der Waals surface area (Å²) in [5.74, 6) is -0.0868. The first-order chi connectivity index (χ1) is 14.4. The van der Waals surface area contributed by atoms with E-state index in [1.807, 2.05) is 13.8 Å². The van der Waals surface area contributed by atoms with E-state index in [0.717, 1.165) is 5.69 Å². The van der Waals surface area contributed by atoms with Gasteiger partial charge in [0, 0.05) is 25.2 Å². The Morgan fingerprint density at radius 1 is 1.13 bits per heavy atom. The highest BCUT2D eigenvalue weighted by atomic mass is 16.5. The van der Waals surface area contributed by atoms with Gasteiger partial charge in [-0.15, -0.1) is 0 Å². The van der Waals surface area contributed by atoms with E-state index in [1.54, 1.807) is 60.5 Å². The summed E-state index contributed by atoms with van der Waals surface area (Å²) in [6.07, 6.45) is 0.125. The van der Waals surface area contributed by atoms with Crippen molar-refractivity contribution in [2.75, 3.05) is 30.4 Å². The molecule has 0 aliphatic carbocycles. The van der Waals surface area contributed by atoms with E-state index in [2.05, 4.69) is 10.6 Å². The van der Waals surface area contributed by atoms with Crippen molar-refractivity contribution in [3.05, 3.63) is 54.1 Å². The van der Waals surface area contributed by atoms with E-state index < -0.39 is 5.92 Å². The van der Waals surface area contributed by atoms with E-state index in [4.69, 9.17) is 4.74 Å². The molecule has 0 aromatic heterocycles. The van der Waals surface area contributed by atoms with Gasteiger partial charge < -0.3 is 20.3 Å². The number of carbonyl (C=O) groups is 3. The van der Waals surface area contributed by atoms with Gasteiger partial charge in [0.25, 0.3) is 5.91 Å². The van der Waals surface area contributed by atoms with Crippen LogP contribution in [0.3, 0.4) is 0 Å².